The number of carbonyl (C=O) groups is 2. The predicted molar refractivity (Wildman–Crippen MR) is 89.6 cm³/mol. The number of amides is 2. The van der Waals surface area contributed by atoms with Crippen molar-refractivity contribution in [1.29, 1.82) is 0 Å². The molecule has 0 saturated carbocycles. The molecule has 0 aliphatic carbocycles. The van der Waals surface area contributed by atoms with Crippen LogP contribution in [0.5, 0.6) is 11.5 Å². The zero-order valence-electron chi connectivity index (χ0n) is 14.3. The van der Waals surface area contributed by atoms with Crippen molar-refractivity contribution in [1.82, 2.24) is 10.6 Å². The van der Waals surface area contributed by atoms with Crippen molar-refractivity contribution in [3.8, 4) is 11.5 Å². The fourth-order valence-electron chi connectivity index (χ4n) is 1.88. The Hall–Kier alpha value is -2.64. The molecule has 0 spiro atoms. The summed E-state index contributed by atoms with van der Waals surface area (Å²) in [4.78, 5) is 23.5. The van der Waals surface area contributed by atoms with E-state index in [4.69, 9.17) is 4.74 Å². The lowest BCUT2D eigenvalue weighted by molar-refractivity contribution is -0.126. The quantitative estimate of drug-likeness (QED) is 0.666. The number of carbonyl (C=O) groups excluding carboxylic acids is 2. The summed E-state index contributed by atoms with van der Waals surface area (Å²) in [6, 6.07) is 3.61. The number of ether oxygens (including phenoxy) is 2. The van der Waals surface area contributed by atoms with Gasteiger partial charge in [-0.15, -0.1) is 0 Å². The third-order valence-corrected chi connectivity index (χ3v) is 3.13. The Kier molecular flexibility index (Phi) is 8.38. The molecule has 1 atom stereocenters. The molecule has 0 aliphatic rings. The van der Waals surface area contributed by atoms with Crippen LogP contribution < -0.4 is 20.1 Å². The van der Waals surface area contributed by atoms with E-state index in [2.05, 4.69) is 15.4 Å². The second-order valence-electron chi connectivity index (χ2n) is 5.14. The zero-order valence-corrected chi connectivity index (χ0v) is 14.3. The van der Waals surface area contributed by atoms with Crippen molar-refractivity contribution in [2.75, 3.05) is 13.7 Å². The molecule has 1 aromatic rings. The first-order valence-electron chi connectivity index (χ1n) is 7.76. The van der Waals surface area contributed by atoms with Crippen LogP contribution in [-0.2, 0) is 9.59 Å². The molecule has 138 valence electrons. The fraction of sp³-hybridized carbons (Fsp3) is 0.412. The summed E-state index contributed by atoms with van der Waals surface area (Å²) in [5.41, 5.74) is 0.553. The monoisotopic (exact) mass is 356 g/mol. The maximum atomic E-state index is 12.3. The smallest absolute Gasteiger partial charge is 0.387 e. The van der Waals surface area contributed by atoms with Crippen LogP contribution in [0.1, 0.15) is 25.8 Å². The lowest BCUT2D eigenvalue weighted by Crippen LogP contribution is -2.44. The molecule has 0 radical (unpaired) electrons. The van der Waals surface area contributed by atoms with E-state index in [1.165, 1.54) is 37.5 Å². The second-order valence-corrected chi connectivity index (χ2v) is 5.14. The Morgan fingerprint density at radius 3 is 2.60 bits per heavy atom. The lowest BCUT2D eigenvalue weighted by Gasteiger charge is -2.12. The van der Waals surface area contributed by atoms with E-state index in [1.807, 2.05) is 6.92 Å². The summed E-state index contributed by atoms with van der Waals surface area (Å²) in [7, 11) is 1.32. The van der Waals surface area contributed by atoms with Crippen LogP contribution in [0.15, 0.2) is 24.3 Å². The molecular formula is C17H22F2N2O4. The molecule has 0 fully saturated rings. The van der Waals surface area contributed by atoms with Crippen molar-refractivity contribution < 1.29 is 27.8 Å². The minimum atomic E-state index is -2.96. The van der Waals surface area contributed by atoms with Gasteiger partial charge in [-0.25, -0.2) is 0 Å². The maximum absolute atomic E-state index is 12.3. The molecule has 8 heteroatoms. The highest BCUT2D eigenvalue weighted by Gasteiger charge is 2.13. The van der Waals surface area contributed by atoms with Crippen LogP contribution in [0.25, 0.3) is 6.08 Å². The summed E-state index contributed by atoms with van der Waals surface area (Å²) < 4.78 is 33.9. The number of hydrogen-bond acceptors (Lipinski definition) is 4. The van der Waals surface area contributed by atoms with Gasteiger partial charge in [-0.2, -0.15) is 8.78 Å². The molecule has 0 heterocycles. The SMILES string of the molecule is CCCNC(=O)C(C)NC(=O)/C=C/c1ccc(OC(F)F)c(OC)c1. The third kappa shape index (κ3) is 7.19. The summed E-state index contributed by atoms with van der Waals surface area (Å²) in [6.45, 7) is 1.09. The summed E-state index contributed by atoms with van der Waals surface area (Å²) in [5.74, 6) is -0.694. The molecule has 6 nitrogen and oxygen atoms in total. The van der Waals surface area contributed by atoms with E-state index >= 15 is 0 Å². The molecule has 25 heavy (non-hydrogen) atoms. The van der Waals surface area contributed by atoms with Gasteiger partial charge in [-0.05, 0) is 37.1 Å². The molecule has 1 unspecified atom stereocenters. The van der Waals surface area contributed by atoms with E-state index in [0.717, 1.165) is 6.42 Å². The zero-order chi connectivity index (χ0) is 18.8. The molecule has 0 bridgehead atoms. The molecule has 2 N–H and O–H groups in total. The van der Waals surface area contributed by atoms with Gasteiger partial charge < -0.3 is 20.1 Å². The third-order valence-electron chi connectivity index (χ3n) is 3.13. The number of halogens is 2. The Labute approximate surface area is 145 Å². The summed E-state index contributed by atoms with van der Waals surface area (Å²) >= 11 is 0. The van der Waals surface area contributed by atoms with E-state index in [0.29, 0.717) is 12.1 Å². The number of rotatable bonds is 9. The number of alkyl halides is 2. The fourth-order valence-corrected chi connectivity index (χ4v) is 1.88. The average molecular weight is 356 g/mol. The molecule has 0 aromatic heterocycles. The Morgan fingerprint density at radius 1 is 1.28 bits per heavy atom. The van der Waals surface area contributed by atoms with Gasteiger partial charge >= 0.3 is 6.61 Å². The largest absolute Gasteiger partial charge is 0.493 e. The Bertz CT molecular complexity index is 621. The van der Waals surface area contributed by atoms with Crippen LogP contribution >= 0.6 is 0 Å². The number of benzene rings is 1. The molecular weight excluding hydrogens is 334 g/mol. The van der Waals surface area contributed by atoms with Gasteiger partial charge in [0.05, 0.1) is 7.11 Å². The number of hydrogen-bond donors (Lipinski definition) is 2. The van der Waals surface area contributed by atoms with E-state index in [9.17, 15) is 18.4 Å². The van der Waals surface area contributed by atoms with Crippen molar-refractivity contribution in [2.45, 2.75) is 32.9 Å². The minimum Gasteiger partial charge on any atom is -0.493 e. The second kappa shape index (κ2) is 10.3. The van der Waals surface area contributed by atoms with Crippen LogP contribution in [0.4, 0.5) is 8.78 Å². The minimum absolute atomic E-state index is 0.0969. The topological polar surface area (TPSA) is 76.7 Å². The van der Waals surface area contributed by atoms with Crippen LogP contribution in [0.2, 0.25) is 0 Å². The van der Waals surface area contributed by atoms with E-state index < -0.39 is 18.6 Å². The van der Waals surface area contributed by atoms with Gasteiger partial charge in [0.1, 0.15) is 6.04 Å². The van der Waals surface area contributed by atoms with Crippen molar-refractivity contribution in [2.24, 2.45) is 0 Å². The van der Waals surface area contributed by atoms with Crippen LogP contribution in [0.3, 0.4) is 0 Å². The lowest BCUT2D eigenvalue weighted by atomic mass is 10.2. The highest BCUT2D eigenvalue weighted by molar-refractivity contribution is 5.95. The number of methoxy groups -OCH3 is 1. The highest BCUT2D eigenvalue weighted by Crippen LogP contribution is 2.29. The van der Waals surface area contributed by atoms with Gasteiger partial charge in [-0.1, -0.05) is 13.0 Å². The highest BCUT2D eigenvalue weighted by atomic mass is 19.3. The Morgan fingerprint density at radius 2 is 2.00 bits per heavy atom. The molecule has 2 amide bonds. The average Bonchev–Trinajstić information content (AvgIpc) is 2.58. The van der Waals surface area contributed by atoms with Crippen molar-refractivity contribution >= 4 is 17.9 Å². The van der Waals surface area contributed by atoms with Crippen molar-refractivity contribution in [3.05, 3.63) is 29.8 Å². The summed E-state index contributed by atoms with van der Waals surface area (Å²) in [6.07, 6.45) is 3.52. The van der Waals surface area contributed by atoms with Crippen molar-refractivity contribution in [3.63, 3.8) is 0 Å². The van der Waals surface area contributed by atoms with Crippen LogP contribution in [-0.4, -0.2) is 38.1 Å². The normalized spacial score (nSPS) is 12.1. The Balaban J connectivity index is 2.68. The van der Waals surface area contributed by atoms with Gasteiger partial charge in [-0.3, -0.25) is 9.59 Å². The molecule has 1 aromatic carbocycles. The van der Waals surface area contributed by atoms with E-state index in [1.54, 1.807) is 6.92 Å². The molecule has 0 saturated heterocycles. The van der Waals surface area contributed by atoms with Gasteiger partial charge in [0.2, 0.25) is 11.8 Å². The van der Waals surface area contributed by atoms with E-state index in [-0.39, 0.29) is 17.4 Å². The van der Waals surface area contributed by atoms with Gasteiger partial charge in [0.25, 0.3) is 0 Å². The summed E-state index contributed by atoms with van der Waals surface area (Å²) in [5, 5.41) is 5.21. The van der Waals surface area contributed by atoms with Gasteiger partial charge in [0, 0.05) is 12.6 Å². The molecule has 1 rings (SSSR count). The number of nitrogens with one attached hydrogen (secondary N) is 2. The first-order chi connectivity index (χ1) is 11.9. The standard InChI is InChI=1S/C17H22F2N2O4/c1-4-9-20-16(23)11(2)21-15(22)8-6-12-5-7-13(25-17(18)19)14(10-12)24-3/h5-8,10-11,17H,4,9H2,1-3H3,(H,20,23)(H,21,22)/b8-6+. The first-order valence-corrected chi connectivity index (χ1v) is 7.76. The molecule has 0 aliphatic heterocycles. The van der Waals surface area contributed by atoms with Crippen LogP contribution in [0, 0.1) is 0 Å². The maximum Gasteiger partial charge on any atom is 0.387 e. The first kappa shape index (κ1) is 20.4. The van der Waals surface area contributed by atoms with Gasteiger partial charge in [0.15, 0.2) is 11.5 Å². The predicted octanol–water partition coefficient (Wildman–Crippen LogP) is 2.34.